The van der Waals surface area contributed by atoms with Gasteiger partial charge in [0.15, 0.2) is 0 Å². The molecule has 1 atom stereocenters. The fraction of sp³-hybridized carbons (Fsp3) is 0.278. The minimum absolute atomic E-state index is 0.335. The van der Waals surface area contributed by atoms with Crippen LogP contribution in [0.25, 0.3) is 0 Å². The normalized spacial score (nSPS) is 13.5. The summed E-state index contributed by atoms with van der Waals surface area (Å²) in [6.07, 6.45) is 1.35. The lowest BCUT2D eigenvalue weighted by molar-refractivity contribution is -0.112. The first-order valence-corrected chi connectivity index (χ1v) is 7.02. The molecule has 0 saturated carbocycles. The molecule has 0 bridgehead atoms. The van der Waals surface area contributed by atoms with E-state index in [0.717, 1.165) is 17.6 Å². The maximum Gasteiger partial charge on any atom is 0.130 e. The minimum atomic E-state index is -0.782. The van der Waals surface area contributed by atoms with Crippen LogP contribution >= 0.6 is 0 Å². The van der Waals surface area contributed by atoms with E-state index in [1.165, 1.54) is 12.1 Å². The number of benzene rings is 2. The zero-order chi connectivity index (χ0) is 15.3. The molecule has 0 aliphatic heterocycles. The Bertz CT molecular complexity index is 624. The Morgan fingerprint density at radius 2 is 1.95 bits per heavy atom. The molecular formula is C18H19FO2. The molecule has 0 aliphatic carbocycles. The van der Waals surface area contributed by atoms with E-state index < -0.39 is 5.41 Å². The van der Waals surface area contributed by atoms with Gasteiger partial charge in [-0.25, -0.2) is 4.39 Å². The van der Waals surface area contributed by atoms with E-state index in [1.54, 1.807) is 12.1 Å². The molecule has 0 saturated heterocycles. The number of hydrogen-bond acceptors (Lipinski definition) is 2. The molecule has 0 aliphatic rings. The van der Waals surface area contributed by atoms with Crippen LogP contribution in [0.4, 0.5) is 4.39 Å². The standard InChI is InChI=1S/C18H19FO2/c1-3-21-17-10-5-4-7-14(17)12-18(2,13-20)15-8-6-9-16(19)11-15/h4-11,13H,3,12H2,1-2H3. The van der Waals surface area contributed by atoms with E-state index >= 15 is 0 Å². The molecule has 0 aromatic heterocycles. The average Bonchev–Trinajstić information content (AvgIpc) is 2.49. The Hall–Kier alpha value is -2.16. The first kappa shape index (κ1) is 15.2. The number of halogens is 1. The number of carbonyl (C=O) groups is 1. The van der Waals surface area contributed by atoms with Gasteiger partial charge in [0.2, 0.25) is 0 Å². The number of aldehydes is 1. The first-order chi connectivity index (χ1) is 10.1. The highest BCUT2D eigenvalue weighted by molar-refractivity contribution is 5.69. The predicted molar refractivity (Wildman–Crippen MR) is 81.1 cm³/mol. The molecule has 0 fully saturated rings. The van der Waals surface area contributed by atoms with Gasteiger partial charge >= 0.3 is 0 Å². The van der Waals surface area contributed by atoms with Crippen LogP contribution in [-0.4, -0.2) is 12.9 Å². The van der Waals surface area contributed by atoms with Crippen molar-refractivity contribution in [3.63, 3.8) is 0 Å². The fourth-order valence-electron chi connectivity index (χ4n) is 2.40. The van der Waals surface area contributed by atoms with Gasteiger partial charge in [0.05, 0.1) is 12.0 Å². The summed E-state index contributed by atoms with van der Waals surface area (Å²) in [6, 6.07) is 13.8. The predicted octanol–water partition coefficient (Wildman–Crippen LogP) is 3.92. The van der Waals surface area contributed by atoms with Crippen LogP contribution in [-0.2, 0) is 16.6 Å². The van der Waals surface area contributed by atoms with E-state index in [2.05, 4.69) is 0 Å². The fourth-order valence-corrected chi connectivity index (χ4v) is 2.40. The van der Waals surface area contributed by atoms with Crippen molar-refractivity contribution < 1.29 is 13.9 Å². The molecule has 0 N–H and O–H groups in total. The Balaban J connectivity index is 2.36. The van der Waals surface area contributed by atoms with Crippen LogP contribution in [0.5, 0.6) is 5.75 Å². The number of hydrogen-bond donors (Lipinski definition) is 0. The summed E-state index contributed by atoms with van der Waals surface area (Å²) < 4.78 is 19.0. The van der Waals surface area contributed by atoms with Gasteiger partial charge in [-0.15, -0.1) is 0 Å². The molecule has 2 nitrogen and oxygen atoms in total. The van der Waals surface area contributed by atoms with Crippen molar-refractivity contribution in [2.45, 2.75) is 25.7 Å². The van der Waals surface area contributed by atoms with Gasteiger partial charge in [0.25, 0.3) is 0 Å². The molecule has 1 unspecified atom stereocenters. The van der Waals surface area contributed by atoms with Gasteiger partial charge in [-0.3, -0.25) is 0 Å². The Labute approximate surface area is 124 Å². The molecule has 0 radical (unpaired) electrons. The van der Waals surface area contributed by atoms with Crippen molar-refractivity contribution in [1.82, 2.24) is 0 Å². The monoisotopic (exact) mass is 286 g/mol. The van der Waals surface area contributed by atoms with Crippen LogP contribution in [0, 0.1) is 5.82 Å². The summed E-state index contributed by atoms with van der Waals surface area (Å²) in [5, 5.41) is 0. The van der Waals surface area contributed by atoms with Crippen molar-refractivity contribution in [3.8, 4) is 5.75 Å². The Morgan fingerprint density at radius 3 is 2.62 bits per heavy atom. The Morgan fingerprint density at radius 1 is 1.19 bits per heavy atom. The first-order valence-electron chi connectivity index (χ1n) is 7.02. The summed E-state index contributed by atoms with van der Waals surface area (Å²) in [5.41, 5.74) is 0.831. The second-order valence-electron chi connectivity index (χ2n) is 5.26. The lowest BCUT2D eigenvalue weighted by Gasteiger charge is -2.25. The molecular weight excluding hydrogens is 267 g/mol. The van der Waals surface area contributed by atoms with Crippen molar-refractivity contribution in [1.29, 1.82) is 0 Å². The second-order valence-corrected chi connectivity index (χ2v) is 5.26. The third-order valence-corrected chi connectivity index (χ3v) is 3.57. The lowest BCUT2D eigenvalue weighted by Crippen LogP contribution is -2.27. The summed E-state index contributed by atoms with van der Waals surface area (Å²) in [6.45, 7) is 4.30. The van der Waals surface area contributed by atoms with E-state index in [4.69, 9.17) is 4.74 Å². The smallest absolute Gasteiger partial charge is 0.130 e. The minimum Gasteiger partial charge on any atom is -0.494 e. The van der Waals surface area contributed by atoms with Crippen molar-refractivity contribution in [2.75, 3.05) is 6.61 Å². The van der Waals surface area contributed by atoms with Crippen LogP contribution < -0.4 is 4.74 Å². The average molecular weight is 286 g/mol. The van der Waals surface area contributed by atoms with Crippen molar-refractivity contribution in [2.24, 2.45) is 0 Å². The molecule has 3 heteroatoms. The van der Waals surface area contributed by atoms with Gasteiger partial charge in [0, 0.05) is 0 Å². The number of para-hydroxylation sites is 1. The van der Waals surface area contributed by atoms with Crippen LogP contribution in [0.15, 0.2) is 48.5 Å². The molecule has 0 amide bonds. The maximum atomic E-state index is 13.4. The van der Waals surface area contributed by atoms with Crippen molar-refractivity contribution >= 4 is 6.29 Å². The van der Waals surface area contributed by atoms with Gasteiger partial charge < -0.3 is 9.53 Å². The van der Waals surface area contributed by atoms with Gasteiger partial charge in [-0.2, -0.15) is 0 Å². The molecule has 0 spiro atoms. The summed E-state index contributed by atoms with van der Waals surface area (Å²) in [4.78, 5) is 11.6. The molecule has 2 aromatic rings. The quantitative estimate of drug-likeness (QED) is 0.752. The Kier molecular flexibility index (Phi) is 4.73. The van der Waals surface area contributed by atoms with Crippen LogP contribution in [0.2, 0.25) is 0 Å². The summed E-state index contributed by atoms with van der Waals surface area (Å²) >= 11 is 0. The zero-order valence-corrected chi connectivity index (χ0v) is 12.3. The van der Waals surface area contributed by atoms with E-state index in [9.17, 15) is 9.18 Å². The highest BCUT2D eigenvalue weighted by Crippen LogP contribution is 2.30. The number of rotatable bonds is 6. The van der Waals surface area contributed by atoms with E-state index in [1.807, 2.05) is 38.1 Å². The largest absolute Gasteiger partial charge is 0.494 e. The highest BCUT2D eigenvalue weighted by Gasteiger charge is 2.28. The van der Waals surface area contributed by atoms with Gasteiger partial charge in [-0.05, 0) is 49.6 Å². The molecule has 2 rings (SSSR count). The molecule has 2 aromatic carbocycles. The SMILES string of the molecule is CCOc1ccccc1CC(C)(C=O)c1cccc(F)c1. The third kappa shape index (κ3) is 3.48. The molecule has 21 heavy (non-hydrogen) atoms. The maximum absolute atomic E-state index is 13.4. The number of ether oxygens (including phenoxy) is 1. The van der Waals surface area contributed by atoms with E-state index in [-0.39, 0.29) is 5.82 Å². The summed E-state index contributed by atoms with van der Waals surface area (Å²) in [5.74, 6) is 0.433. The number of carbonyl (C=O) groups excluding carboxylic acids is 1. The highest BCUT2D eigenvalue weighted by atomic mass is 19.1. The van der Waals surface area contributed by atoms with Gasteiger partial charge in [-0.1, -0.05) is 30.3 Å². The van der Waals surface area contributed by atoms with Gasteiger partial charge in [0.1, 0.15) is 17.9 Å². The van der Waals surface area contributed by atoms with Crippen LogP contribution in [0.3, 0.4) is 0 Å². The topological polar surface area (TPSA) is 26.3 Å². The lowest BCUT2D eigenvalue weighted by atomic mass is 9.78. The van der Waals surface area contributed by atoms with Crippen molar-refractivity contribution in [3.05, 3.63) is 65.5 Å². The second kappa shape index (κ2) is 6.53. The van der Waals surface area contributed by atoms with E-state index in [0.29, 0.717) is 18.6 Å². The third-order valence-electron chi connectivity index (χ3n) is 3.57. The zero-order valence-electron chi connectivity index (χ0n) is 12.3. The molecule has 110 valence electrons. The summed E-state index contributed by atoms with van der Waals surface area (Å²) in [7, 11) is 0. The molecule has 0 heterocycles. The van der Waals surface area contributed by atoms with Crippen LogP contribution in [0.1, 0.15) is 25.0 Å².